The number of allylic oxidation sites excluding steroid dienone is 1. The summed E-state index contributed by atoms with van der Waals surface area (Å²) in [5, 5.41) is 11.6. The molecule has 0 spiro atoms. The fraction of sp³-hybridized carbons (Fsp3) is 0.556. The van der Waals surface area contributed by atoms with Gasteiger partial charge < -0.3 is 19.9 Å². The van der Waals surface area contributed by atoms with Crippen LogP contribution in [0.5, 0.6) is 0 Å². The number of hydrogen-bond donors (Lipinski definition) is 2. The molecule has 0 aromatic carbocycles. The first kappa shape index (κ1) is 18.4. The van der Waals surface area contributed by atoms with Crippen LogP contribution in [0.15, 0.2) is 36.4 Å². The molecule has 2 N–H and O–H groups in total. The molecule has 0 bridgehead atoms. The van der Waals surface area contributed by atoms with Crippen LogP contribution < -0.4 is 5.32 Å². The summed E-state index contributed by atoms with van der Waals surface area (Å²) < 4.78 is 11.5. The Morgan fingerprint density at radius 3 is 3.00 bits per heavy atom. The van der Waals surface area contributed by atoms with Crippen LogP contribution in [0.1, 0.15) is 33.1 Å². The van der Waals surface area contributed by atoms with Crippen molar-refractivity contribution in [1.82, 2.24) is 4.98 Å². The smallest absolute Gasteiger partial charge is 0.290 e. The number of pyridine rings is 1. The van der Waals surface area contributed by atoms with Crippen molar-refractivity contribution in [2.24, 2.45) is 11.8 Å². The summed E-state index contributed by atoms with van der Waals surface area (Å²) in [5.74, 6) is 0.600. The third-order valence-electron chi connectivity index (χ3n) is 3.94. The lowest BCUT2D eigenvalue weighted by atomic mass is 9.90. The fourth-order valence-corrected chi connectivity index (χ4v) is 2.47. The van der Waals surface area contributed by atoms with Gasteiger partial charge in [0.1, 0.15) is 0 Å². The van der Waals surface area contributed by atoms with E-state index in [1.165, 1.54) is 0 Å². The first-order valence-corrected chi connectivity index (χ1v) is 8.42. The van der Waals surface area contributed by atoms with Crippen LogP contribution in [-0.4, -0.2) is 35.5 Å². The summed E-state index contributed by atoms with van der Waals surface area (Å²) >= 11 is 0. The second-order valence-corrected chi connectivity index (χ2v) is 6.22. The predicted molar refractivity (Wildman–Crippen MR) is 91.0 cm³/mol. The summed E-state index contributed by atoms with van der Waals surface area (Å²) in [4.78, 5) is 16.4. The van der Waals surface area contributed by atoms with Crippen molar-refractivity contribution in [1.29, 1.82) is 0 Å². The van der Waals surface area contributed by atoms with Crippen molar-refractivity contribution in [3.05, 3.63) is 36.4 Å². The number of aromatic nitrogens is 1. The van der Waals surface area contributed by atoms with E-state index in [2.05, 4.69) is 24.1 Å². The number of hydrogen-bond acceptors (Lipinski definition) is 5. The molecule has 0 aliphatic carbocycles. The zero-order chi connectivity index (χ0) is 17.4. The van der Waals surface area contributed by atoms with Crippen LogP contribution in [0.4, 0.5) is 5.69 Å². The molecule has 1 aromatic heterocycles. The number of aliphatic hydroxyl groups excluding tert-OH is 1. The third-order valence-corrected chi connectivity index (χ3v) is 3.94. The molecule has 2 rings (SSSR count). The fourth-order valence-electron chi connectivity index (χ4n) is 2.47. The van der Waals surface area contributed by atoms with E-state index in [0.717, 1.165) is 12.8 Å². The van der Waals surface area contributed by atoms with Gasteiger partial charge in [0.2, 0.25) is 6.29 Å². The molecule has 1 aliphatic rings. The molecule has 0 fully saturated rings. The number of amides is 1. The van der Waals surface area contributed by atoms with Crippen molar-refractivity contribution >= 4 is 11.6 Å². The maximum atomic E-state index is 12.4. The molecule has 24 heavy (non-hydrogen) atoms. The number of anilines is 1. The second kappa shape index (κ2) is 9.39. The highest BCUT2D eigenvalue weighted by Crippen LogP contribution is 2.29. The van der Waals surface area contributed by atoms with Gasteiger partial charge in [0, 0.05) is 19.2 Å². The van der Waals surface area contributed by atoms with Gasteiger partial charge in [0.25, 0.3) is 5.91 Å². The molecule has 1 amide bonds. The molecular formula is C18H26N2O4. The first-order chi connectivity index (χ1) is 11.6. The minimum absolute atomic E-state index is 0.155. The van der Waals surface area contributed by atoms with Crippen LogP contribution in [0, 0.1) is 11.8 Å². The maximum absolute atomic E-state index is 12.4. The van der Waals surface area contributed by atoms with Gasteiger partial charge in [-0.2, -0.15) is 0 Å². The van der Waals surface area contributed by atoms with E-state index in [9.17, 15) is 4.79 Å². The van der Waals surface area contributed by atoms with Crippen LogP contribution in [-0.2, 0) is 14.3 Å². The van der Waals surface area contributed by atoms with E-state index in [1.54, 1.807) is 24.5 Å². The average Bonchev–Trinajstić information content (AvgIpc) is 2.59. The molecule has 2 atom stereocenters. The van der Waals surface area contributed by atoms with Gasteiger partial charge in [-0.25, -0.2) is 0 Å². The van der Waals surface area contributed by atoms with Gasteiger partial charge in [-0.15, -0.1) is 0 Å². The van der Waals surface area contributed by atoms with E-state index < -0.39 is 6.29 Å². The monoisotopic (exact) mass is 334 g/mol. The summed E-state index contributed by atoms with van der Waals surface area (Å²) in [5.41, 5.74) is 0.624. The molecule has 0 saturated heterocycles. The number of aliphatic hydroxyl groups is 1. The van der Waals surface area contributed by atoms with E-state index in [0.29, 0.717) is 24.6 Å². The summed E-state index contributed by atoms with van der Waals surface area (Å²) in [7, 11) is 0. The summed E-state index contributed by atoms with van der Waals surface area (Å²) in [6.07, 6.45) is 6.87. The maximum Gasteiger partial charge on any atom is 0.290 e. The Balaban J connectivity index is 1.98. The third kappa shape index (κ3) is 5.62. The van der Waals surface area contributed by atoms with Crippen molar-refractivity contribution in [2.75, 3.05) is 18.5 Å². The molecular weight excluding hydrogens is 308 g/mol. The number of carbonyl (C=O) groups is 1. The Kier molecular flexibility index (Phi) is 7.21. The lowest BCUT2D eigenvalue weighted by molar-refractivity contribution is -0.148. The molecule has 0 unspecified atom stereocenters. The van der Waals surface area contributed by atoms with Crippen molar-refractivity contribution in [2.45, 2.75) is 39.4 Å². The van der Waals surface area contributed by atoms with Gasteiger partial charge >= 0.3 is 0 Å². The van der Waals surface area contributed by atoms with Gasteiger partial charge in [0.15, 0.2) is 5.76 Å². The van der Waals surface area contributed by atoms with E-state index in [4.69, 9.17) is 14.6 Å². The minimum Gasteiger partial charge on any atom is -0.459 e. The largest absolute Gasteiger partial charge is 0.459 e. The summed E-state index contributed by atoms with van der Waals surface area (Å²) in [6, 6.07) is 3.53. The van der Waals surface area contributed by atoms with Crippen LogP contribution in [0.2, 0.25) is 0 Å². The molecule has 2 heterocycles. The van der Waals surface area contributed by atoms with Gasteiger partial charge in [0.05, 0.1) is 18.5 Å². The standard InChI is InChI=1S/C18H26N2O4/c1-13(2)14-10-16(18(22)20-15-6-5-7-19-12-15)24-17(11-14)23-9-4-3-8-21/h5-7,10,12-14,17,21H,3-4,8-9,11H2,1-2H3,(H,20,22)/t14-,17+/m1/s1. The highest BCUT2D eigenvalue weighted by molar-refractivity contribution is 6.02. The number of carbonyl (C=O) groups excluding carboxylic acids is 1. The Morgan fingerprint density at radius 1 is 1.50 bits per heavy atom. The topological polar surface area (TPSA) is 80.7 Å². The number of nitrogens with zero attached hydrogens (tertiary/aromatic N) is 1. The van der Waals surface area contributed by atoms with Crippen LogP contribution in [0.3, 0.4) is 0 Å². The lowest BCUT2D eigenvalue weighted by Crippen LogP contribution is -2.31. The highest BCUT2D eigenvalue weighted by atomic mass is 16.7. The van der Waals surface area contributed by atoms with Crippen molar-refractivity contribution in [3.8, 4) is 0 Å². The first-order valence-electron chi connectivity index (χ1n) is 8.42. The Hall–Kier alpha value is -1.92. The quantitative estimate of drug-likeness (QED) is 0.715. The van der Waals surface area contributed by atoms with E-state index >= 15 is 0 Å². The van der Waals surface area contributed by atoms with E-state index in [-0.39, 0.29) is 24.2 Å². The summed E-state index contributed by atoms with van der Waals surface area (Å²) in [6.45, 7) is 4.90. The van der Waals surface area contributed by atoms with Gasteiger partial charge in [-0.3, -0.25) is 9.78 Å². The van der Waals surface area contributed by atoms with Gasteiger partial charge in [-0.1, -0.05) is 13.8 Å². The van der Waals surface area contributed by atoms with Crippen LogP contribution >= 0.6 is 0 Å². The number of ether oxygens (including phenoxy) is 2. The molecule has 1 aliphatic heterocycles. The molecule has 0 radical (unpaired) electrons. The minimum atomic E-state index is -0.434. The number of unbranched alkanes of at least 4 members (excludes halogenated alkanes) is 1. The molecule has 6 nitrogen and oxygen atoms in total. The Bertz CT molecular complexity index is 545. The number of rotatable bonds is 8. The normalized spacial score (nSPS) is 20.4. The lowest BCUT2D eigenvalue weighted by Gasteiger charge is -2.30. The molecule has 132 valence electrons. The van der Waals surface area contributed by atoms with E-state index in [1.807, 2.05) is 6.08 Å². The number of nitrogens with one attached hydrogen (secondary N) is 1. The molecule has 0 saturated carbocycles. The van der Waals surface area contributed by atoms with Crippen molar-refractivity contribution in [3.63, 3.8) is 0 Å². The molecule has 6 heteroatoms. The predicted octanol–water partition coefficient (Wildman–Crippen LogP) is 2.71. The SMILES string of the molecule is CC(C)[C@@H]1C=C(C(=O)Nc2cccnc2)O[C@H](OCCCCO)C1. The average molecular weight is 334 g/mol. The molecule has 1 aromatic rings. The Morgan fingerprint density at radius 2 is 2.33 bits per heavy atom. The highest BCUT2D eigenvalue weighted by Gasteiger charge is 2.29. The van der Waals surface area contributed by atoms with Gasteiger partial charge in [-0.05, 0) is 42.9 Å². The van der Waals surface area contributed by atoms with Crippen LogP contribution in [0.25, 0.3) is 0 Å². The van der Waals surface area contributed by atoms with Crippen molar-refractivity contribution < 1.29 is 19.4 Å². The second-order valence-electron chi connectivity index (χ2n) is 6.22. The Labute approximate surface area is 142 Å². The zero-order valence-corrected chi connectivity index (χ0v) is 14.3. The zero-order valence-electron chi connectivity index (χ0n) is 14.3.